The maximum atomic E-state index is 11.9. The summed E-state index contributed by atoms with van der Waals surface area (Å²) in [4.78, 5) is 18.9. The molecule has 3 aromatic heterocycles. The van der Waals surface area contributed by atoms with Gasteiger partial charge in [0.15, 0.2) is 11.3 Å². The van der Waals surface area contributed by atoms with Crippen LogP contribution in [0.3, 0.4) is 0 Å². The minimum absolute atomic E-state index is 0.0330. The van der Waals surface area contributed by atoms with Gasteiger partial charge in [-0.25, -0.2) is 14.3 Å². The number of aromatic nitrogens is 5. The molecule has 5 rings (SSSR count). The highest BCUT2D eigenvalue weighted by atomic mass is 16.4. The van der Waals surface area contributed by atoms with E-state index in [1.807, 2.05) is 32.0 Å². The molecule has 0 saturated heterocycles. The number of carboxylic acids is 1. The second-order valence-electron chi connectivity index (χ2n) is 7.57. The van der Waals surface area contributed by atoms with Gasteiger partial charge in [-0.2, -0.15) is 10.2 Å². The topological polar surface area (TPSA) is 99.4 Å². The van der Waals surface area contributed by atoms with Crippen molar-refractivity contribution in [2.24, 2.45) is 0 Å². The fourth-order valence-corrected chi connectivity index (χ4v) is 3.96. The van der Waals surface area contributed by atoms with Crippen LogP contribution in [0.5, 0.6) is 0 Å². The zero-order valence-electron chi connectivity index (χ0n) is 16.1. The van der Waals surface area contributed by atoms with E-state index in [4.69, 9.17) is 4.98 Å². The van der Waals surface area contributed by atoms with Crippen molar-refractivity contribution in [3.05, 3.63) is 65.1 Å². The Bertz CT molecular complexity index is 1200. The Labute approximate surface area is 166 Å². The highest BCUT2D eigenvalue weighted by molar-refractivity contribution is 5.90. The summed E-state index contributed by atoms with van der Waals surface area (Å²) in [5.41, 5.74) is 5.39. The minimum Gasteiger partial charge on any atom is -0.476 e. The fraction of sp³-hybridized carbons (Fsp3) is 0.238. The van der Waals surface area contributed by atoms with E-state index < -0.39 is 5.97 Å². The number of benzene rings is 1. The molecule has 29 heavy (non-hydrogen) atoms. The van der Waals surface area contributed by atoms with E-state index in [1.165, 1.54) is 11.1 Å². The third-order valence-electron chi connectivity index (χ3n) is 5.35. The summed E-state index contributed by atoms with van der Waals surface area (Å²) in [5.74, 6) is -0.287. The van der Waals surface area contributed by atoms with Gasteiger partial charge in [0.25, 0.3) is 0 Å². The van der Waals surface area contributed by atoms with E-state index in [2.05, 4.69) is 32.3 Å². The molecule has 1 aromatic carbocycles. The molecule has 0 radical (unpaired) electrons. The molecule has 1 aliphatic heterocycles. The van der Waals surface area contributed by atoms with Gasteiger partial charge in [-0.15, -0.1) is 0 Å². The number of carbonyl (C=O) groups is 1. The second-order valence-corrected chi connectivity index (χ2v) is 7.57. The molecule has 0 amide bonds. The Hall–Kier alpha value is -3.68. The number of H-pyrrole nitrogens is 1. The standard InChI is InChI=1S/C21H20N6O2/c1-12(2)18-19(21(28)29)25-27-16(15-8-22-23-9-15)7-17(24-20(18)27)26-10-13-5-3-4-6-14(13)11-26/h3-9,12H,10-11H2,1-2H3,(H,22,23)(H,28,29). The molecule has 8 heteroatoms. The highest BCUT2D eigenvalue weighted by Gasteiger charge is 2.27. The van der Waals surface area contributed by atoms with Crippen LogP contribution < -0.4 is 4.90 Å². The van der Waals surface area contributed by atoms with Crippen molar-refractivity contribution in [1.29, 1.82) is 0 Å². The van der Waals surface area contributed by atoms with Crippen LogP contribution in [0.4, 0.5) is 5.82 Å². The lowest BCUT2D eigenvalue weighted by molar-refractivity contribution is 0.0688. The summed E-state index contributed by atoms with van der Waals surface area (Å²) in [7, 11) is 0. The predicted octanol–water partition coefficient (Wildman–Crippen LogP) is 3.46. The first kappa shape index (κ1) is 17.4. The van der Waals surface area contributed by atoms with Gasteiger partial charge >= 0.3 is 5.97 Å². The molecule has 0 atom stereocenters. The maximum Gasteiger partial charge on any atom is 0.356 e. The van der Waals surface area contributed by atoms with Crippen molar-refractivity contribution in [2.75, 3.05) is 4.90 Å². The van der Waals surface area contributed by atoms with Gasteiger partial charge in [-0.1, -0.05) is 38.1 Å². The molecule has 8 nitrogen and oxygen atoms in total. The number of aromatic amines is 1. The predicted molar refractivity (Wildman–Crippen MR) is 108 cm³/mol. The van der Waals surface area contributed by atoms with E-state index in [0.29, 0.717) is 11.2 Å². The number of anilines is 1. The lowest BCUT2D eigenvalue weighted by Crippen LogP contribution is -2.17. The van der Waals surface area contributed by atoms with Crippen LogP contribution in [0.15, 0.2) is 42.7 Å². The third kappa shape index (κ3) is 2.75. The molecule has 2 N–H and O–H groups in total. The Morgan fingerprint density at radius 3 is 2.52 bits per heavy atom. The first-order valence-electron chi connectivity index (χ1n) is 9.50. The number of hydrogen-bond acceptors (Lipinski definition) is 5. The van der Waals surface area contributed by atoms with Gasteiger partial charge in [0.2, 0.25) is 0 Å². The summed E-state index contributed by atoms with van der Waals surface area (Å²) >= 11 is 0. The molecule has 146 valence electrons. The number of hydrogen-bond donors (Lipinski definition) is 2. The molecule has 0 saturated carbocycles. The van der Waals surface area contributed by atoms with Gasteiger partial charge in [0.05, 0.1) is 11.9 Å². The highest BCUT2D eigenvalue weighted by Crippen LogP contribution is 2.33. The molecular formula is C21H20N6O2. The van der Waals surface area contributed by atoms with Gasteiger partial charge in [-0.3, -0.25) is 5.10 Å². The zero-order valence-corrected chi connectivity index (χ0v) is 16.1. The number of rotatable bonds is 4. The van der Waals surface area contributed by atoms with Crippen LogP contribution in [0.25, 0.3) is 16.9 Å². The van der Waals surface area contributed by atoms with Gasteiger partial charge in [-0.05, 0) is 17.0 Å². The molecule has 4 aromatic rings. The largest absolute Gasteiger partial charge is 0.476 e. The lowest BCUT2D eigenvalue weighted by Gasteiger charge is -2.18. The van der Waals surface area contributed by atoms with Crippen molar-refractivity contribution in [2.45, 2.75) is 32.9 Å². The third-order valence-corrected chi connectivity index (χ3v) is 5.35. The van der Waals surface area contributed by atoms with Gasteiger partial charge in [0.1, 0.15) is 5.82 Å². The van der Waals surface area contributed by atoms with Crippen molar-refractivity contribution < 1.29 is 9.90 Å². The van der Waals surface area contributed by atoms with E-state index in [0.717, 1.165) is 30.2 Å². The Morgan fingerprint density at radius 2 is 1.93 bits per heavy atom. The van der Waals surface area contributed by atoms with Crippen LogP contribution in [0.1, 0.15) is 46.9 Å². The second kappa shape index (κ2) is 6.44. The monoisotopic (exact) mass is 388 g/mol. The van der Waals surface area contributed by atoms with Crippen molar-refractivity contribution >= 4 is 17.4 Å². The summed E-state index contributed by atoms with van der Waals surface area (Å²) in [6.07, 6.45) is 3.48. The van der Waals surface area contributed by atoms with E-state index >= 15 is 0 Å². The smallest absolute Gasteiger partial charge is 0.356 e. The van der Waals surface area contributed by atoms with Crippen LogP contribution in [-0.4, -0.2) is 35.9 Å². The average molecular weight is 388 g/mol. The summed E-state index contributed by atoms with van der Waals surface area (Å²) in [5, 5.41) is 21.0. The lowest BCUT2D eigenvalue weighted by atomic mass is 10.0. The molecule has 4 heterocycles. The first-order valence-corrected chi connectivity index (χ1v) is 9.50. The molecule has 0 aliphatic carbocycles. The normalized spacial score (nSPS) is 13.4. The van der Waals surface area contributed by atoms with E-state index in [-0.39, 0.29) is 11.6 Å². The number of nitrogens with one attached hydrogen (secondary N) is 1. The van der Waals surface area contributed by atoms with Gasteiger partial charge in [0, 0.05) is 36.5 Å². The summed E-state index contributed by atoms with van der Waals surface area (Å²) in [6, 6.07) is 10.3. The number of fused-ring (bicyclic) bond motifs is 2. The quantitative estimate of drug-likeness (QED) is 0.555. The molecule has 0 unspecified atom stereocenters. The SMILES string of the molecule is CC(C)c1c(C(=O)O)nn2c(-c3cn[nH]c3)cc(N3Cc4ccccc4C3)nc12. The molecule has 0 spiro atoms. The zero-order chi connectivity index (χ0) is 20.1. The van der Waals surface area contributed by atoms with Crippen LogP contribution in [0.2, 0.25) is 0 Å². The number of aromatic carboxylic acids is 1. The number of nitrogens with zero attached hydrogens (tertiary/aromatic N) is 5. The van der Waals surface area contributed by atoms with Crippen molar-refractivity contribution in [3.8, 4) is 11.3 Å². The molecule has 0 bridgehead atoms. The van der Waals surface area contributed by atoms with Gasteiger partial charge < -0.3 is 10.0 Å². The Morgan fingerprint density at radius 1 is 1.21 bits per heavy atom. The average Bonchev–Trinajstić information content (AvgIpc) is 3.43. The summed E-state index contributed by atoms with van der Waals surface area (Å²) < 4.78 is 1.62. The van der Waals surface area contributed by atoms with Crippen LogP contribution >= 0.6 is 0 Å². The first-order chi connectivity index (χ1) is 14.0. The van der Waals surface area contributed by atoms with E-state index in [1.54, 1.807) is 16.9 Å². The van der Waals surface area contributed by atoms with E-state index in [9.17, 15) is 9.90 Å². The maximum absolute atomic E-state index is 11.9. The Balaban J connectivity index is 1.74. The molecular weight excluding hydrogens is 368 g/mol. The minimum atomic E-state index is -1.05. The fourth-order valence-electron chi connectivity index (χ4n) is 3.96. The number of carboxylic acid groups (broad SMARTS) is 1. The van der Waals surface area contributed by atoms with Crippen LogP contribution in [0, 0.1) is 0 Å². The summed E-state index contributed by atoms with van der Waals surface area (Å²) in [6.45, 7) is 5.45. The Kier molecular flexibility index (Phi) is 3.87. The molecule has 1 aliphatic rings. The van der Waals surface area contributed by atoms with Crippen molar-refractivity contribution in [1.82, 2.24) is 24.8 Å². The van der Waals surface area contributed by atoms with Crippen molar-refractivity contribution in [3.63, 3.8) is 0 Å². The van der Waals surface area contributed by atoms with Crippen LogP contribution in [-0.2, 0) is 13.1 Å². The molecule has 0 fully saturated rings.